The van der Waals surface area contributed by atoms with Crippen LogP contribution in [0.15, 0.2) is 6.20 Å². The fourth-order valence-corrected chi connectivity index (χ4v) is 3.54. The molecule has 2 unspecified atom stereocenters. The summed E-state index contributed by atoms with van der Waals surface area (Å²) < 4.78 is 0. The van der Waals surface area contributed by atoms with Crippen molar-refractivity contribution in [1.82, 2.24) is 4.98 Å². The summed E-state index contributed by atoms with van der Waals surface area (Å²) in [4.78, 5) is 16.7. The summed E-state index contributed by atoms with van der Waals surface area (Å²) in [6.45, 7) is 3.54. The van der Waals surface area contributed by atoms with Gasteiger partial charge >= 0.3 is 5.00 Å². The van der Waals surface area contributed by atoms with E-state index in [1.807, 2.05) is 0 Å². The van der Waals surface area contributed by atoms with Crippen LogP contribution in [0.5, 0.6) is 0 Å². The van der Waals surface area contributed by atoms with Gasteiger partial charge in [0.05, 0.1) is 4.92 Å². The first kappa shape index (κ1) is 13.2. The SMILES string of the molecule is CCN(c1ncc([N+](=O)[O-])s1)C1CCCC1CN. The molecule has 2 atom stereocenters. The Hall–Kier alpha value is -1.21. The first-order chi connectivity index (χ1) is 8.67. The van der Waals surface area contributed by atoms with E-state index in [9.17, 15) is 10.1 Å². The predicted molar refractivity (Wildman–Crippen MR) is 72.0 cm³/mol. The first-order valence-corrected chi connectivity index (χ1v) is 7.06. The molecule has 100 valence electrons. The van der Waals surface area contributed by atoms with Crippen LogP contribution >= 0.6 is 11.3 Å². The van der Waals surface area contributed by atoms with Crippen LogP contribution in [0.2, 0.25) is 0 Å². The van der Waals surface area contributed by atoms with E-state index in [-0.39, 0.29) is 9.92 Å². The molecule has 1 aliphatic carbocycles. The molecule has 6 nitrogen and oxygen atoms in total. The van der Waals surface area contributed by atoms with Crippen LogP contribution in [0.25, 0.3) is 0 Å². The Kier molecular flexibility index (Phi) is 4.13. The van der Waals surface area contributed by atoms with Crippen molar-refractivity contribution in [1.29, 1.82) is 0 Å². The van der Waals surface area contributed by atoms with Gasteiger partial charge in [0.1, 0.15) is 6.20 Å². The van der Waals surface area contributed by atoms with Gasteiger partial charge in [-0.3, -0.25) is 10.1 Å². The summed E-state index contributed by atoms with van der Waals surface area (Å²) in [5, 5.41) is 11.6. The van der Waals surface area contributed by atoms with Crippen LogP contribution in [0, 0.1) is 16.0 Å². The number of nitrogens with two attached hydrogens (primary N) is 1. The monoisotopic (exact) mass is 270 g/mol. The molecule has 0 amide bonds. The highest BCUT2D eigenvalue weighted by Crippen LogP contribution is 2.35. The van der Waals surface area contributed by atoms with E-state index in [1.54, 1.807) is 0 Å². The molecular weight excluding hydrogens is 252 g/mol. The summed E-state index contributed by atoms with van der Waals surface area (Å²) in [5.74, 6) is 0.480. The van der Waals surface area contributed by atoms with Gasteiger partial charge in [-0.1, -0.05) is 6.42 Å². The average molecular weight is 270 g/mol. The van der Waals surface area contributed by atoms with Gasteiger partial charge in [-0.25, -0.2) is 4.98 Å². The van der Waals surface area contributed by atoms with Crippen molar-refractivity contribution in [3.05, 3.63) is 16.3 Å². The molecule has 1 aromatic rings. The zero-order valence-electron chi connectivity index (χ0n) is 10.4. The lowest BCUT2D eigenvalue weighted by Crippen LogP contribution is -2.40. The minimum absolute atomic E-state index is 0.103. The van der Waals surface area contributed by atoms with Crippen molar-refractivity contribution in [3.8, 4) is 0 Å². The Bertz CT molecular complexity index is 423. The number of anilines is 1. The van der Waals surface area contributed by atoms with Crippen molar-refractivity contribution in [2.24, 2.45) is 11.7 Å². The third-order valence-electron chi connectivity index (χ3n) is 3.57. The van der Waals surface area contributed by atoms with E-state index in [0.717, 1.165) is 35.9 Å². The number of nitro groups is 1. The molecule has 1 heterocycles. The quantitative estimate of drug-likeness (QED) is 0.653. The smallest absolute Gasteiger partial charge is 0.345 e. The highest BCUT2D eigenvalue weighted by atomic mass is 32.1. The molecule has 0 spiro atoms. The highest BCUT2D eigenvalue weighted by molar-refractivity contribution is 7.18. The third-order valence-corrected chi connectivity index (χ3v) is 4.56. The molecule has 18 heavy (non-hydrogen) atoms. The molecule has 1 fully saturated rings. The number of thiazole rings is 1. The van der Waals surface area contributed by atoms with Gasteiger partial charge in [-0.15, -0.1) is 0 Å². The number of rotatable bonds is 5. The number of nitrogens with zero attached hydrogens (tertiary/aromatic N) is 3. The van der Waals surface area contributed by atoms with Gasteiger partial charge < -0.3 is 10.6 Å². The molecule has 2 N–H and O–H groups in total. The Morgan fingerprint density at radius 2 is 2.44 bits per heavy atom. The van der Waals surface area contributed by atoms with E-state index in [4.69, 9.17) is 5.73 Å². The number of aromatic nitrogens is 1. The van der Waals surface area contributed by atoms with Gasteiger partial charge in [0, 0.05) is 12.6 Å². The van der Waals surface area contributed by atoms with Gasteiger partial charge in [-0.05, 0) is 43.6 Å². The third kappa shape index (κ3) is 2.46. The van der Waals surface area contributed by atoms with Crippen LogP contribution in [0.3, 0.4) is 0 Å². The van der Waals surface area contributed by atoms with Gasteiger partial charge in [-0.2, -0.15) is 0 Å². The van der Waals surface area contributed by atoms with Crippen LogP contribution in [-0.2, 0) is 0 Å². The fraction of sp³-hybridized carbons (Fsp3) is 0.727. The molecule has 0 radical (unpaired) electrons. The maximum Gasteiger partial charge on any atom is 0.345 e. The zero-order valence-corrected chi connectivity index (χ0v) is 11.2. The predicted octanol–water partition coefficient (Wildman–Crippen LogP) is 2.00. The standard InChI is InChI=1S/C11H18N4O2S/c1-2-14(9-5-3-4-8(9)6-12)11-13-7-10(18-11)15(16)17/h7-9H,2-6,12H2,1H3. The Morgan fingerprint density at radius 3 is 3.00 bits per heavy atom. The minimum atomic E-state index is -0.385. The Morgan fingerprint density at radius 1 is 1.67 bits per heavy atom. The molecule has 0 aromatic carbocycles. The van der Waals surface area contributed by atoms with Crippen LogP contribution < -0.4 is 10.6 Å². The topological polar surface area (TPSA) is 85.3 Å². The van der Waals surface area contributed by atoms with Gasteiger partial charge in [0.15, 0.2) is 5.13 Å². The summed E-state index contributed by atoms with van der Waals surface area (Å²) in [5.41, 5.74) is 5.80. The maximum atomic E-state index is 10.7. The van der Waals surface area contributed by atoms with E-state index >= 15 is 0 Å². The summed E-state index contributed by atoms with van der Waals surface area (Å²) in [6.07, 6.45) is 4.76. The Balaban J connectivity index is 2.19. The molecule has 7 heteroatoms. The van der Waals surface area contributed by atoms with Crippen LogP contribution in [0.4, 0.5) is 10.1 Å². The highest BCUT2D eigenvalue weighted by Gasteiger charge is 2.32. The van der Waals surface area contributed by atoms with Crippen molar-refractivity contribution < 1.29 is 4.92 Å². The molecule has 1 aliphatic rings. The number of hydrogen-bond acceptors (Lipinski definition) is 6. The largest absolute Gasteiger partial charge is 0.345 e. The van der Waals surface area contributed by atoms with E-state index in [0.29, 0.717) is 18.5 Å². The summed E-state index contributed by atoms with van der Waals surface area (Å²) >= 11 is 1.15. The van der Waals surface area contributed by atoms with Crippen molar-refractivity contribution in [3.63, 3.8) is 0 Å². The van der Waals surface area contributed by atoms with Crippen LogP contribution in [0.1, 0.15) is 26.2 Å². The summed E-state index contributed by atoms with van der Waals surface area (Å²) in [6, 6.07) is 0.380. The second-order valence-corrected chi connectivity index (χ2v) is 5.51. The second kappa shape index (κ2) is 5.62. The fourth-order valence-electron chi connectivity index (χ4n) is 2.69. The average Bonchev–Trinajstić information content (AvgIpc) is 2.98. The molecule has 0 bridgehead atoms. The van der Waals surface area contributed by atoms with E-state index in [2.05, 4.69) is 16.8 Å². The minimum Gasteiger partial charge on any atom is -0.345 e. The number of hydrogen-bond donors (Lipinski definition) is 1. The van der Waals surface area contributed by atoms with Gasteiger partial charge in [0.2, 0.25) is 0 Å². The lowest BCUT2D eigenvalue weighted by Gasteiger charge is -2.31. The molecule has 2 rings (SSSR count). The maximum absolute atomic E-state index is 10.7. The van der Waals surface area contributed by atoms with Crippen LogP contribution in [-0.4, -0.2) is 29.0 Å². The lowest BCUT2D eigenvalue weighted by molar-refractivity contribution is -0.380. The van der Waals surface area contributed by atoms with Crippen molar-refractivity contribution >= 4 is 21.5 Å². The zero-order chi connectivity index (χ0) is 13.1. The molecule has 1 aromatic heterocycles. The van der Waals surface area contributed by atoms with Crippen molar-refractivity contribution in [2.45, 2.75) is 32.2 Å². The van der Waals surface area contributed by atoms with Crippen molar-refractivity contribution in [2.75, 3.05) is 18.0 Å². The lowest BCUT2D eigenvalue weighted by atomic mass is 10.0. The van der Waals surface area contributed by atoms with E-state index in [1.165, 1.54) is 12.6 Å². The Labute approximate surface area is 110 Å². The molecular formula is C11H18N4O2S. The van der Waals surface area contributed by atoms with E-state index < -0.39 is 0 Å². The molecule has 0 saturated heterocycles. The van der Waals surface area contributed by atoms with Gasteiger partial charge in [0.25, 0.3) is 0 Å². The normalized spacial score (nSPS) is 23.2. The second-order valence-electron chi connectivity index (χ2n) is 4.52. The summed E-state index contributed by atoms with van der Waals surface area (Å²) in [7, 11) is 0. The first-order valence-electron chi connectivity index (χ1n) is 6.24. The molecule has 1 saturated carbocycles. The molecule has 0 aliphatic heterocycles.